The van der Waals surface area contributed by atoms with Crippen molar-refractivity contribution in [2.75, 3.05) is 18.1 Å². The molecule has 4 amide bonds. The number of carbonyl (C=O) groups is 3. The van der Waals surface area contributed by atoms with Gasteiger partial charge in [0.2, 0.25) is 5.91 Å². The van der Waals surface area contributed by atoms with Crippen molar-refractivity contribution in [3.63, 3.8) is 0 Å². The minimum absolute atomic E-state index is 0.0651. The highest BCUT2D eigenvalue weighted by molar-refractivity contribution is 6.22. The molecule has 7 nitrogen and oxygen atoms in total. The van der Waals surface area contributed by atoms with Crippen LogP contribution in [0.25, 0.3) is 0 Å². The number of imide groups is 1. The monoisotopic (exact) mass is 349 g/mol. The van der Waals surface area contributed by atoms with Crippen LogP contribution in [-0.2, 0) is 14.3 Å². The van der Waals surface area contributed by atoms with Crippen molar-refractivity contribution in [1.82, 2.24) is 10.2 Å². The first-order valence-electron chi connectivity index (χ1n) is 8.18. The van der Waals surface area contributed by atoms with Gasteiger partial charge in [0.25, 0.3) is 5.91 Å². The third-order valence-electron chi connectivity index (χ3n) is 4.41. The number of ether oxygens (including phenoxy) is 1. The van der Waals surface area contributed by atoms with Crippen LogP contribution >= 0.6 is 0 Å². The predicted molar refractivity (Wildman–Crippen MR) is 87.4 cm³/mol. The summed E-state index contributed by atoms with van der Waals surface area (Å²) in [6, 6.07) is 3.43. The summed E-state index contributed by atoms with van der Waals surface area (Å²) in [6.07, 6.45) is -0.177. The lowest BCUT2D eigenvalue weighted by molar-refractivity contribution is -0.144. The molecular formula is C17H20FN3O4. The second kappa shape index (κ2) is 6.79. The van der Waals surface area contributed by atoms with E-state index in [4.69, 9.17) is 4.74 Å². The van der Waals surface area contributed by atoms with E-state index in [9.17, 15) is 18.8 Å². The van der Waals surface area contributed by atoms with E-state index in [0.717, 1.165) is 4.90 Å². The molecule has 0 radical (unpaired) electrons. The summed E-state index contributed by atoms with van der Waals surface area (Å²) in [4.78, 5) is 39.8. The standard InChI is InChI=1S/C17H20FN3O4/c1-10-9-25-11(2)8-20(10)15(22)7-14-16(23)21(17(24)19-14)13-5-3-12(18)4-6-13/h3-6,10-11,14H,7-9H2,1-2H3,(H,19,24)/t10-,11+,14-/m0/s1. The fourth-order valence-electron chi connectivity index (χ4n) is 3.05. The van der Waals surface area contributed by atoms with Crippen molar-refractivity contribution in [3.8, 4) is 0 Å². The molecule has 2 aliphatic rings. The molecule has 2 aliphatic heterocycles. The summed E-state index contributed by atoms with van der Waals surface area (Å²) >= 11 is 0. The molecule has 0 unspecified atom stereocenters. The van der Waals surface area contributed by atoms with Crippen molar-refractivity contribution in [1.29, 1.82) is 0 Å². The number of rotatable bonds is 3. The maximum absolute atomic E-state index is 13.0. The number of carbonyl (C=O) groups excluding carboxylic acids is 3. The van der Waals surface area contributed by atoms with Gasteiger partial charge in [-0.25, -0.2) is 14.1 Å². The van der Waals surface area contributed by atoms with Gasteiger partial charge in [0.05, 0.1) is 30.9 Å². The van der Waals surface area contributed by atoms with Crippen LogP contribution in [0, 0.1) is 5.82 Å². The summed E-state index contributed by atoms with van der Waals surface area (Å²) in [7, 11) is 0. The van der Waals surface area contributed by atoms with Gasteiger partial charge in [-0.05, 0) is 38.1 Å². The van der Waals surface area contributed by atoms with Gasteiger partial charge in [0, 0.05) is 6.54 Å². The Hall–Kier alpha value is -2.48. The van der Waals surface area contributed by atoms with E-state index in [1.807, 2.05) is 13.8 Å². The minimum Gasteiger partial charge on any atom is -0.375 e. The van der Waals surface area contributed by atoms with E-state index in [1.54, 1.807) is 4.90 Å². The lowest BCUT2D eigenvalue weighted by Gasteiger charge is -2.37. The highest BCUT2D eigenvalue weighted by Gasteiger charge is 2.41. The Labute approximate surface area is 144 Å². The molecule has 0 aliphatic carbocycles. The van der Waals surface area contributed by atoms with Gasteiger partial charge in [-0.3, -0.25) is 9.59 Å². The molecule has 25 heavy (non-hydrogen) atoms. The smallest absolute Gasteiger partial charge is 0.329 e. The molecule has 2 heterocycles. The van der Waals surface area contributed by atoms with Crippen molar-refractivity contribution in [2.45, 2.75) is 38.5 Å². The molecule has 0 spiro atoms. The number of anilines is 1. The van der Waals surface area contributed by atoms with E-state index >= 15 is 0 Å². The maximum Gasteiger partial charge on any atom is 0.329 e. The van der Waals surface area contributed by atoms with Crippen LogP contribution in [0.1, 0.15) is 20.3 Å². The van der Waals surface area contributed by atoms with Gasteiger partial charge in [-0.15, -0.1) is 0 Å². The second-order valence-corrected chi connectivity index (χ2v) is 6.40. The molecule has 0 bridgehead atoms. The summed E-state index contributed by atoms with van der Waals surface area (Å²) in [5, 5.41) is 2.53. The van der Waals surface area contributed by atoms with Crippen LogP contribution in [0.2, 0.25) is 0 Å². The molecule has 2 saturated heterocycles. The molecule has 134 valence electrons. The van der Waals surface area contributed by atoms with Crippen molar-refractivity contribution in [3.05, 3.63) is 30.1 Å². The third-order valence-corrected chi connectivity index (χ3v) is 4.41. The molecule has 2 fully saturated rings. The fraction of sp³-hybridized carbons (Fsp3) is 0.471. The SMILES string of the molecule is C[C@@H]1CN(C(=O)C[C@@H]2NC(=O)N(c3ccc(F)cc3)C2=O)[C@@H](C)CO1. The molecule has 1 N–H and O–H groups in total. The number of hydrogen-bond acceptors (Lipinski definition) is 4. The Kier molecular flexibility index (Phi) is 4.71. The molecule has 3 atom stereocenters. The van der Waals surface area contributed by atoms with Gasteiger partial charge in [-0.1, -0.05) is 0 Å². The third kappa shape index (κ3) is 3.48. The second-order valence-electron chi connectivity index (χ2n) is 6.40. The Morgan fingerprint density at radius 2 is 1.96 bits per heavy atom. The summed E-state index contributed by atoms with van der Waals surface area (Å²) in [5.41, 5.74) is 0.271. The van der Waals surface area contributed by atoms with Gasteiger partial charge in [0.15, 0.2) is 0 Å². The van der Waals surface area contributed by atoms with E-state index in [2.05, 4.69) is 5.32 Å². The fourth-order valence-corrected chi connectivity index (χ4v) is 3.05. The number of nitrogens with zero attached hydrogens (tertiary/aromatic N) is 2. The van der Waals surface area contributed by atoms with Crippen LogP contribution in [0.3, 0.4) is 0 Å². The summed E-state index contributed by atoms with van der Waals surface area (Å²) in [6.45, 7) is 4.66. The highest BCUT2D eigenvalue weighted by Crippen LogP contribution is 2.22. The molecule has 8 heteroatoms. The Morgan fingerprint density at radius 3 is 2.64 bits per heavy atom. The average molecular weight is 349 g/mol. The number of halogens is 1. The van der Waals surface area contributed by atoms with Crippen LogP contribution in [-0.4, -0.2) is 54.1 Å². The Morgan fingerprint density at radius 1 is 1.28 bits per heavy atom. The van der Waals surface area contributed by atoms with E-state index < -0.39 is 23.8 Å². The van der Waals surface area contributed by atoms with Gasteiger partial charge >= 0.3 is 6.03 Å². The number of urea groups is 1. The Bertz CT molecular complexity index is 694. The summed E-state index contributed by atoms with van der Waals surface area (Å²) in [5.74, 6) is -1.18. The number of nitrogens with one attached hydrogen (secondary N) is 1. The van der Waals surface area contributed by atoms with Crippen molar-refractivity contribution in [2.24, 2.45) is 0 Å². The molecular weight excluding hydrogens is 329 g/mol. The number of hydrogen-bond donors (Lipinski definition) is 1. The zero-order valence-electron chi connectivity index (χ0n) is 14.1. The van der Waals surface area contributed by atoms with Crippen molar-refractivity contribution < 1.29 is 23.5 Å². The minimum atomic E-state index is -0.921. The molecule has 1 aromatic rings. The van der Waals surface area contributed by atoms with E-state index in [-0.39, 0.29) is 30.2 Å². The topological polar surface area (TPSA) is 79.0 Å². The zero-order chi connectivity index (χ0) is 18.1. The molecule has 0 aromatic heterocycles. The van der Waals surface area contributed by atoms with E-state index in [0.29, 0.717) is 13.2 Å². The number of amides is 4. The van der Waals surface area contributed by atoms with Gasteiger partial charge in [0.1, 0.15) is 11.9 Å². The molecule has 0 saturated carbocycles. The number of morpholine rings is 1. The Balaban J connectivity index is 1.69. The molecule has 1 aromatic carbocycles. The van der Waals surface area contributed by atoms with Crippen molar-refractivity contribution >= 4 is 23.5 Å². The van der Waals surface area contributed by atoms with Gasteiger partial charge < -0.3 is 15.0 Å². The lowest BCUT2D eigenvalue weighted by atomic mass is 10.1. The molecule has 3 rings (SSSR count). The maximum atomic E-state index is 13.0. The first-order valence-corrected chi connectivity index (χ1v) is 8.18. The highest BCUT2D eigenvalue weighted by atomic mass is 19.1. The first-order chi connectivity index (χ1) is 11.9. The summed E-state index contributed by atoms with van der Waals surface area (Å²) < 4.78 is 18.5. The number of benzene rings is 1. The zero-order valence-corrected chi connectivity index (χ0v) is 14.1. The first kappa shape index (κ1) is 17.3. The lowest BCUT2D eigenvalue weighted by Crippen LogP contribution is -2.51. The quantitative estimate of drug-likeness (QED) is 0.834. The predicted octanol–water partition coefficient (Wildman–Crippen LogP) is 1.28. The largest absolute Gasteiger partial charge is 0.375 e. The van der Waals surface area contributed by atoms with Crippen LogP contribution in [0.5, 0.6) is 0 Å². The van der Waals surface area contributed by atoms with Crippen LogP contribution in [0.4, 0.5) is 14.9 Å². The normalized spacial score (nSPS) is 26.8. The van der Waals surface area contributed by atoms with E-state index in [1.165, 1.54) is 24.3 Å². The van der Waals surface area contributed by atoms with Gasteiger partial charge in [-0.2, -0.15) is 0 Å². The average Bonchev–Trinajstić information content (AvgIpc) is 2.84. The van der Waals surface area contributed by atoms with Crippen LogP contribution in [0.15, 0.2) is 24.3 Å². The van der Waals surface area contributed by atoms with Crippen LogP contribution < -0.4 is 10.2 Å².